The normalized spacial score (nSPS) is 13.9. The third kappa shape index (κ3) is 3.75. The highest BCUT2D eigenvalue weighted by Gasteiger charge is 2.17. The van der Waals surface area contributed by atoms with Crippen LogP contribution in [0.2, 0.25) is 0 Å². The van der Waals surface area contributed by atoms with Crippen LogP contribution in [0.25, 0.3) is 0 Å². The van der Waals surface area contributed by atoms with Gasteiger partial charge in [-0.2, -0.15) is 0 Å². The number of carbonyl (C=O) groups excluding carboxylic acids is 1. The molecule has 0 atom stereocenters. The van der Waals surface area contributed by atoms with Crippen molar-refractivity contribution in [3.8, 4) is 0 Å². The molecule has 1 aliphatic heterocycles. The fourth-order valence-electron chi connectivity index (χ4n) is 2.76. The van der Waals surface area contributed by atoms with E-state index in [-0.39, 0.29) is 5.91 Å². The Morgan fingerprint density at radius 1 is 1.30 bits per heavy atom. The van der Waals surface area contributed by atoms with E-state index in [4.69, 9.17) is 0 Å². The van der Waals surface area contributed by atoms with Crippen molar-refractivity contribution in [1.82, 2.24) is 20.1 Å². The van der Waals surface area contributed by atoms with Crippen molar-refractivity contribution in [2.24, 2.45) is 0 Å². The van der Waals surface area contributed by atoms with Crippen molar-refractivity contribution in [2.75, 3.05) is 0 Å². The highest BCUT2D eigenvalue weighted by atomic mass is 32.2. The SMILES string of the molecule is CC(C)Sc1ccccc1C(=O)NCc1nnc2n1CCCC2. The Morgan fingerprint density at radius 3 is 2.96 bits per heavy atom. The van der Waals surface area contributed by atoms with Gasteiger partial charge in [0, 0.05) is 23.1 Å². The Bertz CT molecular complexity index is 696. The first-order valence-electron chi connectivity index (χ1n) is 8.10. The lowest BCUT2D eigenvalue weighted by molar-refractivity contribution is 0.0946. The minimum absolute atomic E-state index is 0.0538. The van der Waals surface area contributed by atoms with Crippen molar-refractivity contribution in [3.63, 3.8) is 0 Å². The third-order valence-electron chi connectivity index (χ3n) is 3.84. The Labute approximate surface area is 140 Å². The molecule has 0 saturated heterocycles. The lowest BCUT2D eigenvalue weighted by Gasteiger charge is -2.15. The average molecular weight is 330 g/mol. The van der Waals surface area contributed by atoms with E-state index >= 15 is 0 Å². The first-order valence-corrected chi connectivity index (χ1v) is 8.98. The molecule has 3 rings (SSSR count). The molecule has 1 amide bonds. The molecule has 0 fully saturated rings. The van der Waals surface area contributed by atoms with Crippen molar-refractivity contribution < 1.29 is 4.79 Å². The monoisotopic (exact) mass is 330 g/mol. The molecule has 1 N–H and O–H groups in total. The van der Waals surface area contributed by atoms with Gasteiger partial charge in [0.2, 0.25) is 0 Å². The largest absolute Gasteiger partial charge is 0.345 e. The van der Waals surface area contributed by atoms with E-state index in [1.54, 1.807) is 11.8 Å². The van der Waals surface area contributed by atoms with Crippen molar-refractivity contribution in [3.05, 3.63) is 41.5 Å². The van der Waals surface area contributed by atoms with Gasteiger partial charge in [0.25, 0.3) is 5.91 Å². The zero-order valence-corrected chi connectivity index (χ0v) is 14.4. The van der Waals surface area contributed by atoms with E-state index in [1.807, 2.05) is 24.3 Å². The summed E-state index contributed by atoms with van der Waals surface area (Å²) in [5, 5.41) is 11.9. The molecule has 2 heterocycles. The molecule has 0 saturated carbocycles. The molecular formula is C17H22N4OS. The van der Waals surface area contributed by atoms with Gasteiger partial charge in [0.05, 0.1) is 12.1 Å². The number of thioether (sulfide) groups is 1. The van der Waals surface area contributed by atoms with Crippen molar-refractivity contribution in [2.45, 2.75) is 56.3 Å². The maximum Gasteiger partial charge on any atom is 0.252 e. The Balaban J connectivity index is 1.69. The molecule has 0 unspecified atom stereocenters. The van der Waals surface area contributed by atoms with Crippen LogP contribution in [0.1, 0.15) is 48.7 Å². The molecule has 2 aromatic rings. The van der Waals surface area contributed by atoms with Crippen LogP contribution < -0.4 is 5.32 Å². The van der Waals surface area contributed by atoms with Gasteiger partial charge < -0.3 is 9.88 Å². The molecule has 122 valence electrons. The van der Waals surface area contributed by atoms with Crippen LogP contribution in [-0.4, -0.2) is 25.9 Å². The maximum atomic E-state index is 12.5. The summed E-state index contributed by atoms with van der Waals surface area (Å²) in [4.78, 5) is 13.5. The zero-order valence-electron chi connectivity index (χ0n) is 13.6. The molecule has 0 spiro atoms. The average Bonchev–Trinajstić information content (AvgIpc) is 2.96. The number of hydrogen-bond donors (Lipinski definition) is 1. The molecular weight excluding hydrogens is 308 g/mol. The Hall–Kier alpha value is -1.82. The molecule has 0 bridgehead atoms. The minimum Gasteiger partial charge on any atom is -0.345 e. The fourth-order valence-corrected chi connectivity index (χ4v) is 3.72. The summed E-state index contributed by atoms with van der Waals surface area (Å²) in [5.74, 6) is 1.83. The number of benzene rings is 1. The van der Waals surface area contributed by atoms with Crippen LogP contribution in [0, 0.1) is 0 Å². The molecule has 23 heavy (non-hydrogen) atoms. The van der Waals surface area contributed by atoms with Crippen LogP contribution in [0.5, 0.6) is 0 Å². The fraction of sp³-hybridized carbons (Fsp3) is 0.471. The number of rotatable bonds is 5. The lowest BCUT2D eigenvalue weighted by atomic mass is 10.1. The van der Waals surface area contributed by atoms with E-state index < -0.39 is 0 Å². The molecule has 1 aliphatic rings. The van der Waals surface area contributed by atoms with E-state index in [0.29, 0.717) is 11.8 Å². The molecule has 0 aliphatic carbocycles. The quantitative estimate of drug-likeness (QED) is 0.856. The van der Waals surface area contributed by atoms with Crippen LogP contribution in [0.3, 0.4) is 0 Å². The summed E-state index contributed by atoms with van der Waals surface area (Å²) in [6, 6.07) is 7.74. The van der Waals surface area contributed by atoms with E-state index in [1.165, 1.54) is 6.42 Å². The predicted molar refractivity (Wildman–Crippen MR) is 91.6 cm³/mol. The van der Waals surface area contributed by atoms with Gasteiger partial charge in [0.15, 0.2) is 5.82 Å². The smallest absolute Gasteiger partial charge is 0.252 e. The molecule has 5 nitrogen and oxygen atoms in total. The number of amides is 1. The van der Waals surface area contributed by atoms with E-state index in [0.717, 1.165) is 41.5 Å². The Kier molecular flexibility index (Phi) is 5.00. The van der Waals surface area contributed by atoms with Crippen molar-refractivity contribution in [1.29, 1.82) is 0 Å². The van der Waals surface area contributed by atoms with Gasteiger partial charge in [0.1, 0.15) is 5.82 Å². The number of fused-ring (bicyclic) bond motifs is 1. The minimum atomic E-state index is -0.0538. The van der Waals surface area contributed by atoms with Gasteiger partial charge in [-0.05, 0) is 25.0 Å². The van der Waals surface area contributed by atoms with Crippen LogP contribution in [0.15, 0.2) is 29.2 Å². The second kappa shape index (κ2) is 7.17. The first-order chi connectivity index (χ1) is 11.1. The van der Waals surface area contributed by atoms with Gasteiger partial charge in [-0.1, -0.05) is 26.0 Å². The van der Waals surface area contributed by atoms with Gasteiger partial charge in [-0.15, -0.1) is 22.0 Å². The van der Waals surface area contributed by atoms with Gasteiger partial charge in [-0.25, -0.2) is 0 Å². The van der Waals surface area contributed by atoms with Gasteiger partial charge >= 0.3 is 0 Å². The Morgan fingerprint density at radius 2 is 2.13 bits per heavy atom. The number of nitrogens with zero attached hydrogens (tertiary/aromatic N) is 3. The number of nitrogens with one attached hydrogen (secondary N) is 1. The number of carbonyl (C=O) groups is 1. The zero-order chi connectivity index (χ0) is 16.2. The molecule has 0 radical (unpaired) electrons. The second-order valence-corrected chi connectivity index (χ2v) is 7.60. The van der Waals surface area contributed by atoms with E-state index in [9.17, 15) is 4.79 Å². The topological polar surface area (TPSA) is 59.8 Å². The molecule has 1 aromatic carbocycles. The van der Waals surface area contributed by atoms with Gasteiger partial charge in [-0.3, -0.25) is 4.79 Å². The number of hydrogen-bond acceptors (Lipinski definition) is 4. The summed E-state index contributed by atoms with van der Waals surface area (Å²) < 4.78 is 2.14. The summed E-state index contributed by atoms with van der Waals surface area (Å²) >= 11 is 1.71. The maximum absolute atomic E-state index is 12.5. The summed E-state index contributed by atoms with van der Waals surface area (Å²) in [5.41, 5.74) is 0.726. The number of aryl methyl sites for hydroxylation is 1. The lowest BCUT2D eigenvalue weighted by Crippen LogP contribution is -2.26. The molecule has 6 heteroatoms. The first kappa shape index (κ1) is 16.1. The van der Waals surface area contributed by atoms with Crippen LogP contribution in [-0.2, 0) is 19.5 Å². The molecule has 1 aromatic heterocycles. The summed E-state index contributed by atoms with van der Waals surface area (Å²) in [6.07, 6.45) is 3.30. The van der Waals surface area contributed by atoms with Crippen molar-refractivity contribution >= 4 is 17.7 Å². The van der Waals surface area contributed by atoms with Crippen LogP contribution >= 0.6 is 11.8 Å². The number of aromatic nitrogens is 3. The summed E-state index contributed by atoms with van der Waals surface area (Å²) in [7, 11) is 0. The van der Waals surface area contributed by atoms with E-state index in [2.05, 4.69) is 33.9 Å². The predicted octanol–water partition coefficient (Wildman–Crippen LogP) is 3.04. The second-order valence-electron chi connectivity index (χ2n) is 5.99. The highest BCUT2D eigenvalue weighted by molar-refractivity contribution is 8.00. The van der Waals surface area contributed by atoms with Crippen LogP contribution in [0.4, 0.5) is 0 Å². The highest BCUT2D eigenvalue weighted by Crippen LogP contribution is 2.26. The third-order valence-corrected chi connectivity index (χ3v) is 4.92. The standard InChI is InChI=1S/C17H22N4OS/c1-12(2)23-14-8-4-3-7-13(14)17(22)18-11-16-20-19-15-9-5-6-10-21(15)16/h3-4,7-8,12H,5-6,9-11H2,1-2H3,(H,18,22). The summed E-state index contributed by atoms with van der Waals surface area (Å²) in [6.45, 7) is 5.63.